The lowest BCUT2D eigenvalue weighted by Crippen LogP contribution is -2.32. The largest absolute Gasteiger partial charge is 0.391 e. The van der Waals surface area contributed by atoms with Crippen molar-refractivity contribution in [2.45, 2.75) is 92.7 Å². The molecule has 1 aliphatic heterocycles. The number of nitrogens with one attached hydrogen (secondary N) is 1. The van der Waals surface area contributed by atoms with Crippen LogP contribution in [0.2, 0.25) is 0 Å². The Labute approximate surface area is 233 Å². The van der Waals surface area contributed by atoms with E-state index in [-0.39, 0.29) is 23.8 Å². The van der Waals surface area contributed by atoms with Crippen molar-refractivity contribution in [1.82, 2.24) is 15.2 Å². The van der Waals surface area contributed by atoms with Gasteiger partial charge in [0.05, 0.1) is 22.2 Å². The Morgan fingerprint density at radius 3 is 2.16 bits per heavy atom. The van der Waals surface area contributed by atoms with Crippen LogP contribution in [0, 0.1) is 12.3 Å². The van der Waals surface area contributed by atoms with Gasteiger partial charge in [-0.05, 0) is 29.9 Å². The number of amides is 3. The summed E-state index contributed by atoms with van der Waals surface area (Å²) in [6.07, 6.45) is 7.50. The number of β-amino-alcohol motifs (C(OH)–C–C–N with tert-alkyl or cyclic N) is 1. The predicted molar refractivity (Wildman–Crippen MR) is 157 cm³/mol. The molecule has 38 heavy (non-hydrogen) atoms. The summed E-state index contributed by atoms with van der Waals surface area (Å²) >= 11 is 1.64. The second kappa shape index (κ2) is 20.2. The summed E-state index contributed by atoms with van der Waals surface area (Å²) in [6, 6.07) is 8.15. The molecule has 1 aliphatic rings. The summed E-state index contributed by atoms with van der Waals surface area (Å²) in [7, 11) is 0. The highest BCUT2D eigenvalue weighted by atomic mass is 32.1. The van der Waals surface area contributed by atoms with E-state index in [1.807, 2.05) is 24.6 Å². The Kier molecular flexibility index (Phi) is 18.7. The van der Waals surface area contributed by atoms with Crippen LogP contribution in [0.1, 0.15) is 84.4 Å². The molecule has 214 valence electrons. The molecular formula is C29H48N4O4S. The Bertz CT molecular complexity index is 906. The van der Waals surface area contributed by atoms with Crippen LogP contribution in [0.5, 0.6) is 0 Å². The first-order valence-electron chi connectivity index (χ1n) is 13.3. The number of carbonyl (C=O) groups is 3. The fourth-order valence-electron chi connectivity index (χ4n) is 3.55. The number of carbonyl (C=O) groups excluding carboxylic acids is 3. The number of benzene rings is 1. The van der Waals surface area contributed by atoms with Crippen LogP contribution >= 0.6 is 11.3 Å². The fraction of sp³-hybridized carbons (Fsp3) is 0.586. The molecule has 0 saturated carbocycles. The molecule has 0 aliphatic carbocycles. The molecule has 2 aromatic rings. The first-order valence-corrected chi connectivity index (χ1v) is 14.2. The number of unbranched alkanes of at least 4 members (excludes halogenated alkanes) is 3. The maximum atomic E-state index is 11.6. The quantitative estimate of drug-likeness (QED) is 0.314. The summed E-state index contributed by atoms with van der Waals surface area (Å²) in [6.45, 7) is 14.4. The summed E-state index contributed by atoms with van der Waals surface area (Å²) in [5.41, 5.74) is 9.40. The summed E-state index contributed by atoms with van der Waals surface area (Å²) in [5, 5.41) is 11.9. The molecule has 0 spiro atoms. The third-order valence-corrected chi connectivity index (χ3v) is 6.48. The molecular weight excluding hydrogens is 500 g/mol. The van der Waals surface area contributed by atoms with Gasteiger partial charge in [-0.25, -0.2) is 4.98 Å². The smallest absolute Gasteiger partial charge is 0.223 e. The fourth-order valence-corrected chi connectivity index (χ4v) is 4.36. The first-order chi connectivity index (χ1) is 18.0. The number of thiazole rings is 1. The molecule has 3 rings (SSSR count). The number of aryl methyl sites for hydroxylation is 1. The minimum absolute atomic E-state index is 0.0463. The van der Waals surface area contributed by atoms with Crippen LogP contribution in [0.4, 0.5) is 0 Å². The number of nitrogens with two attached hydrogens (primary N) is 1. The van der Waals surface area contributed by atoms with Crippen molar-refractivity contribution in [2.75, 3.05) is 13.1 Å². The van der Waals surface area contributed by atoms with E-state index in [1.165, 1.54) is 36.1 Å². The van der Waals surface area contributed by atoms with Gasteiger partial charge < -0.3 is 21.1 Å². The lowest BCUT2D eigenvalue weighted by Gasteiger charge is -2.22. The lowest BCUT2D eigenvalue weighted by atomic mass is 9.92. The van der Waals surface area contributed by atoms with Gasteiger partial charge in [-0.15, -0.1) is 11.3 Å². The van der Waals surface area contributed by atoms with Crippen LogP contribution in [0.15, 0.2) is 29.8 Å². The maximum Gasteiger partial charge on any atom is 0.223 e. The van der Waals surface area contributed by atoms with E-state index in [0.717, 1.165) is 24.2 Å². The minimum Gasteiger partial charge on any atom is -0.391 e. The summed E-state index contributed by atoms with van der Waals surface area (Å²) in [5.74, 6) is 0.170. The molecule has 0 bridgehead atoms. The van der Waals surface area contributed by atoms with Crippen LogP contribution in [-0.2, 0) is 20.9 Å². The van der Waals surface area contributed by atoms with Crippen molar-refractivity contribution in [3.05, 3.63) is 41.0 Å². The molecule has 4 N–H and O–H groups in total. The molecule has 0 radical (unpaired) electrons. The van der Waals surface area contributed by atoms with Crippen molar-refractivity contribution in [1.29, 1.82) is 0 Å². The first kappa shape index (κ1) is 35.2. The van der Waals surface area contributed by atoms with Crippen LogP contribution in [0.3, 0.4) is 0 Å². The number of rotatable bonds is 8. The number of primary amides is 1. The normalized spacial score (nSPS) is 14.1. The van der Waals surface area contributed by atoms with E-state index in [1.54, 1.807) is 16.2 Å². The molecule has 8 nitrogen and oxygen atoms in total. The standard InChI is InChI=1S/C12H12N2OS.C10H19NO2.C6H14.CH3NO/c1-9-12(16-8-14-9)11-4-2-10(3-5-11)6-13-7-15;1-10(2,3)6-9(13)11-5-4-8(12)7-11;1-3-5-6-4-2;2-1-3/h2-5,7-8H,6H2,1H3,(H,13,15);8,12H,4-7H2,1-3H3;3-6H2,1-2H3;1H,(H2,2,3). The van der Waals surface area contributed by atoms with E-state index in [9.17, 15) is 14.7 Å². The number of aromatic nitrogens is 1. The minimum atomic E-state index is -0.302. The van der Waals surface area contributed by atoms with Gasteiger partial charge in [0.2, 0.25) is 18.7 Å². The van der Waals surface area contributed by atoms with Gasteiger partial charge in [0, 0.05) is 26.1 Å². The molecule has 2 heterocycles. The average molecular weight is 549 g/mol. The molecule has 1 unspecified atom stereocenters. The number of aliphatic hydroxyl groups excluding tert-OH is 1. The highest BCUT2D eigenvalue weighted by molar-refractivity contribution is 7.13. The Hall–Kier alpha value is -2.78. The number of likely N-dealkylation sites (tertiary alicyclic amines) is 1. The topological polar surface area (TPSA) is 126 Å². The van der Waals surface area contributed by atoms with Crippen molar-refractivity contribution in [3.63, 3.8) is 0 Å². The van der Waals surface area contributed by atoms with Gasteiger partial charge in [-0.1, -0.05) is 84.6 Å². The maximum absolute atomic E-state index is 11.6. The summed E-state index contributed by atoms with van der Waals surface area (Å²) < 4.78 is 0. The molecule has 1 fully saturated rings. The predicted octanol–water partition coefficient (Wildman–Crippen LogP) is 5.07. The van der Waals surface area contributed by atoms with Crippen molar-refractivity contribution in [3.8, 4) is 10.4 Å². The highest BCUT2D eigenvalue weighted by Crippen LogP contribution is 2.27. The Balaban J connectivity index is 0.000000557. The second-order valence-electron chi connectivity index (χ2n) is 10.3. The molecule has 9 heteroatoms. The van der Waals surface area contributed by atoms with Gasteiger partial charge >= 0.3 is 0 Å². The number of aliphatic hydroxyl groups is 1. The molecule has 3 amide bonds. The third-order valence-electron chi connectivity index (χ3n) is 5.51. The zero-order chi connectivity index (χ0) is 29.0. The summed E-state index contributed by atoms with van der Waals surface area (Å²) in [4.78, 5) is 37.6. The zero-order valence-electron chi connectivity index (χ0n) is 24.0. The van der Waals surface area contributed by atoms with Gasteiger partial charge in [-0.3, -0.25) is 14.4 Å². The Morgan fingerprint density at radius 2 is 1.76 bits per heavy atom. The van der Waals surface area contributed by atoms with E-state index >= 15 is 0 Å². The van der Waals surface area contributed by atoms with Crippen LogP contribution in [0.25, 0.3) is 10.4 Å². The number of nitrogens with zero attached hydrogens (tertiary/aromatic N) is 2. The molecule has 1 atom stereocenters. The van der Waals surface area contributed by atoms with E-state index in [4.69, 9.17) is 4.79 Å². The number of hydrogen-bond acceptors (Lipinski definition) is 6. The highest BCUT2D eigenvalue weighted by Gasteiger charge is 2.27. The van der Waals surface area contributed by atoms with Crippen molar-refractivity contribution in [2.24, 2.45) is 11.1 Å². The van der Waals surface area contributed by atoms with Crippen molar-refractivity contribution < 1.29 is 19.5 Å². The molecule has 1 aromatic heterocycles. The van der Waals surface area contributed by atoms with Crippen LogP contribution < -0.4 is 11.1 Å². The Morgan fingerprint density at radius 1 is 1.18 bits per heavy atom. The van der Waals surface area contributed by atoms with E-state index in [0.29, 0.717) is 25.9 Å². The van der Waals surface area contributed by atoms with Gasteiger partial charge in [0.1, 0.15) is 0 Å². The lowest BCUT2D eigenvalue weighted by molar-refractivity contribution is -0.132. The van der Waals surface area contributed by atoms with Crippen LogP contribution in [-0.4, -0.2) is 52.9 Å². The third kappa shape index (κ3) is 16.1. The van der Waals surface area contributed by atoms with Crippen molar-refractivity contribution >= 4 is 30.1 Å². The monoisotopic (exact) mass is 548 g/mol. The number of hydrogen-bond donors (Lipinski definition) is 3. The van der Waals surface area contributed by atoms with E-state index in [2.05, 4.69) is 62.8 Å². The molecule has 1 saturated heterocycles. The average Bonchev–Trinajstić information content (AvgIpc) is 3.50. The van der Waals surface area contributed by atoms with Gasteiger partial charge in [0.15, 0.2) is 0 Å². The van der Waals surface area contributed by atoms with Gasteiger partial charge in [0.25, 0.3) is 0 Å². The van der Waals surface area contributed by atoms with E-state index < -0.39 is 0 Å². The van der Waals surface area contributed by atoms with Gasteiger partial charge in [-0.2, -0.15) is 0 Å². The molecule has 1 aromatic carbocycles. The second-order valence-corrected chi connectivity index (χ2v) is 11.2. The zero-order valence-corrected chi connectivity index (χ0v) is 24.9. The SMILES string of the molecule is CC(C)(C)CC(=O)N1CCC(O)C1.CCCCCC.Cc1ncsc1-c1ccc(CNC=O)cc1.NC=O.